The van der Waals surface area contributed by atoms with E-state index in [1.807, 2.05) is 32.4 Å². The molecule has 35 heavy (non-hydrogen) atoms. The molecule has 0 saturated heterocycles. The van der Waals surface area contributed by atoms with Gasteiger partial charge in [0.05, 0.1) is 11.9 Å². The molecular weight excluding hydrogens is 468 g/mol. The van der Waals surface area contributed by atoms with Crippen molar-refractivity contribution in [3.05, 3.63) is 54.1 Å². The molecule has 0 fully saturated rings. The van der Waals surface area contributed by atoms with Gasteiger partial charge in [0.25, 0.3) is 0 Å². The number of rotatable bonds is 7. The molecule has 4 rings (SSSR count). The highest BCUT2D eigenvalue weighted by Gasteiger charge is 2.20. The number of anilines is 5. The van der Waals surface area contributed by atoms with Crippen molar-refractivity contribution in [1.29, 1.82) is 0 Å². The highest BCUT2D eigenvalue weighted by atomic mass is 32.2. The number of hydrogen-bond donors (Lipinski definition) is 2. The van der Waals surface area contributed by atoms with Crippen LogP contribution < -0.4 is 14.9 Å². The summed E-state index contributed by atoms with van der Waals surface area (Å²) in [6.45, 7) is 5.63. The van der Waals surface area contributed by atoms with Gasteiger partial charge >= 0.3 is 0 Å². The Bertz CT molecular complexity index is 1480. The monoisotopic (exact) mass is 494 g/mol. The number of aryl methyl sites for hydroxylation is 3. The summed E-state index contributed by atoms with van der Waals surface area (Å²) in [5, 5.41) is 6.24. The minimum atomic E-state index is -3.56. The third-order valence-electron chi connectivity index (χ3n) is 5.32. The van der Waals surface area contributed by atoms with Crippen molar-refractivity contribution in [2.24, 2.45) is 7.05 Å². The smallest absolute Gasteiger partial charge is 0.232 e. The van der Waals surface area contributed by atoms with Crippen molar-refractivity contribution < 1.29 is 8.42 Å². The van der Waals surface area contributed by atoms with Crippen LogP contribution in [0.25, 0.3) is 11.4 Å². The molecule has 0 amide bonds. The standard InChI is InChI=1S/C22H26N10O2S/c1-13-7-20(28-15(3)27-13)29-18-9-19(26-12-25-18)30-21-17(32(5)35(6,33)34)8-16(11-23-21)22-24-10-14(2)31(22)4/h7-12H,1-6H3,(H2,23,25,26,27,28,29,30). The Morgan fingerprint density at radius 1 is 0.886 bits per heavy atom. The van der Waals surface area contributed by atoms with Gasteiger partial charge in [-0.1, -0.05) is 0 Å². The van der Waals surface area contributed by atoms with Gasteiger partial charge in [-0.15, -0.1) is 0 Å². The van der Waals surface area contributed by atoms with Gasteiger partial charge in [0, 0.05) is 55.6 Å². The molecule has 0 aliphatic carbocycles. The fourth-order valence-corrected chi connectivity index (χ4v) is 3.88. The van der Waals surface area contributed by atoms with E-state index >= 15 is 0 Å². The Hall–Kier alpha value is -4.13. The van der Waals surface area contributed by atoms with Crippen LogP contribution in [0.5, 0.6) is 0 Å². The highest BCUT2D eigenvalue weighted by molar-refractivity contribution is 7.92. The normalized spacial score (nSPS) is 11.4. The minimum Gasteiger partial charge on any atom is -0.331 e. The van der Waals surface area contributed by atoms with E-state index in [9.17, 15) is 8.42 Å². The van der Waals surface area contributed by atoms with Gasteiger partial charge in [0.1, 0.15) is 35.4 Å². The van der Waals surface area contributed by atoms with Crippen molar-refractivity contribution in [2.45, 2.75) is 20.8 Å². The van der Waals surface area contributed by atoms with Crippen molar-refractivity contribution in [2.75, 3.05) is 28.2 Å². The quantitative estimate of drug-likeness (QED) is 0.393. The summed E-state index contributed by atoms with van der Waals surface area (Å²) in [7, 11) is -0.206. The Labute approximate surface area is 203 Å². The predicted octanol–water partition coefficient (Wildman–Crippen LogP) is 2.87. The third kappa shape index (κ3) is 5.35. The first-order chi connectivity index (χ1) is 16.5. The summed E-state index contributed by atoms with van der Waals surface area (Å²) in [4.78, 5) is 26.0. The molecule has 4 heterocycles. The minimum absolute atomic E-state index is 0.311. The lowest BCUT2D eigenvalue weighted by molar-refractivity contribution is 0.600. The van der Waals surface area contributed by atoms with Crippen LogP contribution in [0.2, 0.25) is 0 Å². The van der Waals surface area contributed by atoms with E-state index in [-0.39, 0.29) is 0 Å². The van der Waals surface area contributed by atoms with Crippen LogP contribution in [0.1, 0.15) is 17.2 Å². The Morgan fingerprint density at radius 2 is 1.60 bits per heavy atom. The average Bonchev–Trinajstić information content (AvgIpc) is 3.11. The molecule has 0 radical (unpaired) electrons. The zero-order valence-electron chi connectivity index (χ0n) is 20.3. The van der Waals surface area contributed by atoms with Crippen LogP contribution in [0.4, 0.5) is 29.0 Å². The van der Waals surface area contributed by atoms with Crippen molar-refractivity contribution in [1.82, 2.24) is 34.5 Å². The highest BCUT2D eigenvalue weighted by Crippen LogP contribution is 2.32. The molecule has 182 valence electrons. The zero-order chi connectivity index (χ0) is 25.3. The maximum atomic E-state index is 12.4. The van der Waals surface area contributed by atoms with E-state index in [4.69, 9.17) is 0 Å². The number of aromatic nitrogens is 7. The van der Waals surface area contributed by atoms with Crippen LogP contribution in [-0.2, 0) is 17.1 Å². The van der Waals surface area contributed by atoms with E-state index in [1.54, 1.807) is 30.6 Å². The molecule has 0 aliphatic rings. The van der Waals surface area contributed by atoms with Gasteiger partial charge in [-0.2, -0.15) is 0 Å². The first-order valence-corrected chi connectivity index (χ1v) is 12.5. The number of imidazole rings is 1. The van der Waals surface area contributed by atoms with Gasteiger partial charge < -0.3 is 15.2 Å². The number of hydrogen-bond acceptors (Lipinski definition) is 10. The fourth-order valence-electron chi connectivity index (χ4n) is 3.38. The summed E-state index contributed by atoms with van der Waals surface area (Å²) in [5.41, 5.74) is 2.82. The molecule has 0 atom stereocenters. The number of pyridine rings is 1. The van der Waals surface area contributed by atoms with Crippen LogP contribution in [0.15, 0.2) is 36.9 Å². The van der Waals surface area contributed by atoms with Gasteiger partial charge in [0.2, 0.25) is 10.0 Å². The van der Waals surface area contributed by atoms with Gasteiger partial charge in [-0.05, 0) is 26.8 Å². The summed E-state index contributed by atoms with van der Waals surface area (Å²) >= 11 is 0. The molecule has 0 spiro atoms. The lowest BCUT2D eigenvalue weighted by Gasteiger charge is -2.21. The van der Waals surface area contributed by atoms with Crippen LogP contribution in [0.3, 0.4) is 0 Å². The van der Waals surface area contributed by atoms with E-state index in [1.165, 1.54) is 13.4 Å². The summed E-state index contributed by atoms with van der Waals surface area (Å²) in [6, 6.07) is 5.21. The molecule has 0 aliphatic heterocycles. The zero-order valence-corrected chi connectivity index (χ0v) is 21.1. The predicted molar refractivity (Wildman–Crippen MR) is 135 cm³/mol. The van der Waals surface area contributed by atoms with Crippen LogP contribution in [0, 0.1) is 20.8 Å². The maximum Gasteiger partial charge on any atom is 0.232 e. The second-order valence-corrected chi connectivity index (χ2v) is 10.1. The molecule has 4 aromatic heterocycles. The van der Waals surface area contributed by atoms with Crippen LogP contribution in [-0.4, -0.2) is 56.2 Å². The largest absolute Gasteiger partial charge is 0.331 e. The van der Waals surface area contributed by atoms with Crippen molar-refractivity contribution in [3.63, 3.8) is 0 Å². The molecule has 0 saturated carbocycles. The van der Waals surface area contributed by atoms with Crippen LogP contribution >= 0.6 is 0 Å². The second kappa shape index (κ2) is 9.25. The average molecular weight is 495 g/mol. The Balaban J connectivity index is 1.69. The van der Waals surface area contributed by atoms with Gasteiger partial charge in [-0.25, -0.2) is 38.3 Å². The summed E-state index contributed by atoms with van der Waals surface area (Å²) in [6.07, 6.45) is 5.90. The van der Waals surface area contributed by atoms with E-state index in [0.29, 0.717) is 46.2 Å². The number of nitrogens with one attached hydrogen (secondary N) is 2. The topological polar surface area (TPSA) is 144 Å². The van der Waals surface area contributed by atoms with E-state index < -0.39 is 10.0 Å². The van der Waals surface area contributed by atoms with Gasteiger partial charge in [0.15, 0.2) is 5.82 Å². The number of sulfonamides is 1. The first-order valence-electron chi connectivity index (χ1n) is 10.6. The molecule has 2 N–H and O–H groups in total. The van der Waals surface area contributed by atoms with E-state index in [0.717, 1.165) is 21.9 Å². The maximum absolute atomic E-state index is 12.4. The molecule has 0 unspecified atom stereocenters. The van der Waals surface area contributed by atoms with Crippen molar-refractivity contribution in [3.8, 4) is 11.4 Å². The first kappa shape index (κ1) is 24.0. The fraction of sp³-hybridized carbons (Fsp3) is 0.273. The third-order valence-corrected chi connectivity index (χ3v) is 6.51. The Morgan fingerprint density at radius 3 is 2.23 bits per heavy atom. The summed E-state index contributed by atoms with van der Waals surface area (Å²) in [5.74, 6) is 3.14. The second-order valence-electron chi connectivity index (χ2n) is 8.08. The number of nitrogens with zero attached hydrogens (tertiary/aromatic N) is 8. The lowest BCUT2D eigenvalue weighted by atomic mass is 10.2. The molecular formula is C22H26N10O2S. The Kier molecular flexibility index (Phi) is 6.35. The molecule has 12 nitrogen and oxygen atoms in total. The van der Waals surface area contributed by atoms with Crippen molar-refractivity contribution >= 4 is 39.0 Å². The lowest BCUT2D eigenvalue weighted by Crippen LogP contribution is -2.26. The van der Waals surface area contributed by atoms with Gasteiger partial charge in [-0.3, -0.25) is 4.31 Å². The molecule has 13 heteroatoms. The van der Waals surface area contributed by atoms with E-state index in [2.05, 4.69) is 40.5 Å². The molecule has 0 aromatic carbocycles. The summed E-state index contributed by atoms with van der Waals surface area (Å²) < 4.78 is 27.8. The molecule has 0 bridgehead atoms. The SMILES string of the molecule is Cc1cc(Nc2cc(Nc3ncc(-c4ncc(C)n4C)cc3N(C)S(C)(=O)=O)ncn2)nc(C)n1. The molecule has 4 aromatic rings.